The van der Waals surface area contributed by atoms with Crippen molar-refractivity contribution in [2.24, 2.45) is 0 Å². The summed E-state index contributed by atoms with van der Waals surface area (Å²) in [7, 11) is 1.34. The van der Waals surface area contributed by atoms with E-state index in [9.17, 15) is 9.59 Å². The Labute approximate surface area is 166 Å². The number of aryl methyl sites for hydroxylation is 1. The van der Waals surface area contributed by atoms with Crippen molar-refractivity contribution in [3.63, 3.8) is 0 Å². The molecular weight excluding hydrogens is 352 g/mol. The maximum absolute atomic E-state index is 12.5. The molecule has 5 nitrogen and oxygen atoms in total. The van der Waals surface area contributed by atoms with Crippen molar-refractivity contribution in [3.05, 3.63) is 71.3 Å². The molecule has 28 heavy (non-hydrogen) atoms. The van der Waals surface area contributed by atoms with E-state index in [1.807, 2.05) is 6.07 Å². The first kappa shape index (κ1) is 20.1. The molecule has 1 atom stereocenters. The Morgan fingerprint density at radius 1 is 1.07 bits per heavy atom. The minimum atomic E-state index is -0.398. The van der Waals surface area contributed by atoms with Crippen molar-refractivity contribution >= 4 is 11.9 Å². The van der Waals surface area contributed by atoms with Gasteiger partial charge in [-0.05, 0) is 68.6 Å². The second-order valence-electron chi connectivity index (χ2n) is 7.27. The van der Waals surface area contributed by atoms with Crippen LogP contribution in [0.1, 0.15) is 45.5 Å². The van der Waals surface area contributed by atoms with Gasteiger partial charge in [-0.3, -0.25) is 4.79 Å². The Morgan fingerprint density at radius 3 is 2.50 bits per heavy atom. The minimum absolute atomic E-state index is 0.0902. The van der Waals surface area contributed by atoms with Gasteiger partial charge in [0.2, 0.25) is 0 Å². The molecule has 3 rings (SSSR count). The van der Waals surface area contributed by atoms with Crippen LogP contribution < -0.4 is 5.32 Å². The molecule has 0 unspecified atom stereocenters. The number of nitrogens with one attached hydrogen (secondary N) is 1. The van der Waals surface area contributed by atoms with Crippen LogP contribution in [-0.2, 0) is 11.2 Å². The van der Waals surface area contributed by atoms with E-state index in [4.69, 9.17) is 0 Å². The number of piperidine rings is 1. The molecule has 0 saturated carbocycles. The number of esters is 1. The van der Waals surface area contributed by atoms with Crippen LogP contribution in [0.2, 0.25) is 0 Å². The zero-order valence-electron chi connectivity index (χ0n) is 16.4. The molecule has 0 aromatic heterocycles. The number of likely N-dealkylation sites (tertiary alicyclic amines) is 1. The van der Waals surface area contributed by atoms with Crippen LogP contribution in [0.4, 0.5) is 0 Å². The van der Waals surface area contributed by atoms with Gasteiger partial charge in [0, 0.05) is 18.2 Å². The first-order valence-electron chi connectivity index (χ1n) is 9.91. The molecule has 0 spiro atoms. The van der Waals surface area contributed by atoms with Gasteiger partial charge in [-0.1, -0.05) is 30.3 Å². The highest BCUT2D eigenvalue weighted by atomic mass is 16.5. The fraction of sp³-hybridized carbons (Fsp3) is 0.391. The molecule has 0 bridgehead atoms. The molecule has 2 aromatic carbocycles. The Bertz CT molecular complexity index is 774. The highest BCUT2D eigenvalue weighted by Crippen LogP contribution is 2.13. The average molecular weight is 380 g/mol. The third kappa shape index (κ3) is 5.67. The smallest absolute Gasteiger partial charge is 0.337 e. The van der Waals surface area contributed by atoms with Gasteiger partial charge in [0.25, 0.3) is 5.91 Å². The van der Waals surface area contributed by atoms with E-state index >= 15 is 0 Å². The lowest BCUT2D eigenvalue weighted by Gasteiger charge is -2.33. The second kappa shape index (κ2) is 10.0. The third-order valence-corrected chi connectivity index (χ3v) is 5.19. The zero-order chi connectivity index (χ0) is 19.8. The van der Waals surface area contributed by atoms with Crippen molar-refractivity contribution in [1.82, 2.24) is 10.2 Å². The van der Waals surface area contributed by atoms with Crippen molar-refractivity contribution in [2.75, 3.05) is 26.7 Å². The van der Waals surface area contributed by atoms with Crippen LogP contribution in [-0.4, -0.2) is 49.6 Å². The molecule has 148 valence electrons. The fourth-order valence-corrected chi connectivity index (χ4v) is 3.67. The first-order chi connectivity index (χ1) is 13.7. The molecule has 2 aromatic rings. The number of rotatable bonds is 7. The average Bonchev–Trinajstić information content (AvgIpc) is 2.74. The van der Waals surface area contributed by atoms with Crippen molar-refractivity contribution in [1.29, 1.82) is 0 Å². The molecular formula is C23H28N2O3. The standard InChI is InChI=1S/C23H28N2O3/c1-28-23(27)20-13-11-19(12-14-20)22(26)24-21-10-6-16-25(17-21)15-5-9-18-7-3-2-4-8-18/h2-4,7-8,11-14,21H,5-6,9-10,15-17H2,1H3,(H,24,26)/t21-/m1/s1. The van der Waals surface area contributed by atoms with Crippen molar-refractivity contribution in [2.45, 2.75) is 31.7 Å². The van der Waals surface area contributed by atoms with Gasteiger partial charge >= 0.3 is 5.97 Å². The molecule has 5 heteroatoms. The van der Waals surface area contributed by atoms with Gasteiger partial charge in [0.05, 0.1) is 12.7 Å². The van der Waals surface area contributed by atoms with Crippen LogP contribution >= 0.6 is 0 Å². The quantitative estimate of drug-likeness (QED) is 0.749. The summed E-state index contributed by atoms with van der Waals surface area (Å²) in [5.41, 5.74) is 2.38. The molecule has 0 aliphatic carbocycles. The number of ether oxygens (including phenoxy) is 1. The molecule has 1 saturated heterocycles. The molecule has 1 aliphatic rings. The summed E-state index contributed by atoms with van der Waals surface area (Å²) in [6, 6.07) is 17.3. The lowest BCUT2D eigenvalue weighted by Crippen LogP contribution is -2.47. The van der Waals surface area contributed by atoms with Gasteiger partial charge in [-0.25, -0.2) is 4.79 Å². The predicted molar refractivity (Wildman–Crippen MR) is 109 cm³/mol. The molecule has 1 fully saturated rings. The number of amides is 1. The second-order valence-corrected chi connectivity index (χ2v) is 7.27. The number of hydrogen-bond acceptors (Lipinski definition) is 4. The summed E-state index contributed by atoms with van der Waals surface area (Å²) in [6.07, 6.45) is 4.30. The molecule has 0 radical (unpaired) electrons. The SMILES string of the molecule is COC(=O)c1ccc(C(=O)N[C@@H]2CCCN(CCCc3ccccc3)C2)cc1. The first-order valence-corrected chi connectivity index (χ1v) is 9.91. The Balaban J connectivity index is 1.46. The minimum Gasteiger partial charge on any atom is -0.465 e. The van der Waals surface area contributed by atoms with Crippen molar-refractivity contribution in [3.8, 4) is 0 Å². The van der Waals surface area contributed by atoms with Gasteiger partial charge in [-0.15, -0.1) is 0 Å². The van der Waals surface area contributed by atoms with E-state index in [0.717, 1.165) is 45.3 Å². The summed E-state index contributed by atoms with van der Waals surface area (Å²) in [6.45, 7) is 3.03. The Kier molecular flexibility index (Phi) is 7.20. The summed E-state index contributed by atoms with van der Waals surface area (Å²) >= 11 is 0. The van der Waals surface area contributed by atoms with Crippen LogP contribution in [0, 0.1) is 0 Å². The van der Waals surface area contributed by atoms with Crippen LogP contribution in [0.3, 0.4) is 0 Å². The summed E-state index contributed by atoms with van der Waals surface area (Å²) in [5, 5.41) is 3.14. The van der Waals surface area contributed by atoms with Gasteiger partial charge < -0.3 is 15.0 Å². The van der Waals surface area contributed by atoms with E-state index < -0.39 is 5.97 Å². The van der Waals surface area contributed by atoms with Gasteiger partial charge in [0.1, 0.15) is 0 Å². The van der Waals surface area contributed by atoms with Crippen LogP contribution in [0.15, 0.2) is 54.6 Å². The van der Waals surface area contributed by atoms with E-state index in [0.29, 0.717) is 11.1 Å². The van der Waals surface area contributed by atoms with Crippen molar-refractivity contribution < 1.29 is 14.3 Å². The number of methoxy groups -OCH3 is 1. The third-order valence-electron chi connectivity index (χ3n) is 5.19. The number of benzene rings is 2. The fourth-order valence-electron chi connectivity index (χ4n) is 3.67. The maximum Gasteiger partial charge on any atom is 0.337 e. The molecule has 1 heterocycles. The number of carbonyl (C=O) groups excluding carboxylic acids is 2. The lowest BCUT2D eigenvalue weighted by molar-refractivity contribution is 0.0600. The summed E-state index contributed by atoms with van der Waals surface area (Å²) in [4.78, 5) is 26.5. The molecule has 1 aliphatic heterocycles. The Morgan fingerprint density at radius 2 is 1.79 bits per heavy atom. The zero-order valence-corrected chi connectivity index (χ0v) is 16.4. The normalized spacial score (nSPS) is 17.1. The topological polar surface area (TPSA) is 58.6 Å². The highest BCUT2D eigenvalue weighted by molar-refractivity contribution is 5.96. The van der Waals surface area contributed by atoms with Gasteiger partial charge in [0.15, 0.2) is 0 Å². The summed E-state index contributed by atoms with van der Waals surface area (Å²) in [5.74, 6) is -0.488. The molecule has 1 amide bonds. The maximum atomic E-state index is 12.5. The van der Waals surface area contributed by atoms with E-state index in [1.54, 1.807) is 24.3 Å². The highest BCUT2D eigenvalue weighted by Gasteiger charge is 2.21. The monoisotopic (exact) mass is 380 g/mol. The van der Waals surface area contributed by atoms with E-state index in [1.165, 1.54) is 12.7 Å². The van der Waals surface area contributed by atoms with Gasteiger partial charge in [-0.2, -0.15) is 0 Å². The Hall–Kier alpha value is -2.66. The summed E-state index contributed by atoms with van der Waals surface area (Å²) < 4.78 is 4.69. The van der Waals surface area contributed by atoms with E-state index in [2.05, 4.69) is 39.2 Å². The largest absolute Gasteiger partial charge is 0.465 e. The van der Waals surface area contributed by atoms with Crippen LogP contribution in [0.25, 0.3) is 0 Å². The molecule has 1 N–H and O–H groups in total. The lowest BCUT2D eigenvalue weighted by atomic mass is 10.0. The van der Waals surface area contributed by atoms with Crippen LogP contribution in [0.5, 0.6) is 0 Å². The number of hydrogen-bond donors (Lipinski definition) is 1. The number of carbonyl (C=O) groups is 2. The predicted octanol–water partition coefficient (Wildman–Crippen LogP) is 3.30. The number of nitrogens with zero attached hydrogens (tertiary/aromatic N) is 1. The van der Waals surface area contributed by atoms with E-state index in [-0.39, 0.29) is 11.9 Å².